The molecule has 0 aliphatic heterocycles. The number of hydrogen-bond donors (Lipinski definition) is 1. The second-order valence-corrected chi connectivity index (χ2v) is 8.36. The number of aromatic nitrogens is 2. The van der Waals surface area contributed by atoms with E-state index in [2.05, 4.69) is 10.2 Å². The van der Waals surface area contributed by atoms with Crippen LogP contribution < -0.4 is 9.46 Å². The highest BCUT2D eigenvalue weighted by Crippen LogP contribution is 2.42. The molecule has 0 saturated heterocycles. The third-order valence-electron chi connectivity index (χ3n) is 4.02. The summed E-state index contributed by atoms with van der Waals surface area (Å²) in [5, 5.41) is 8.44. The molecule has 1 aromatic carbocycles. The van der Waals surface area contributed by atoms with Crippen LogP contribution in [0.4, 0.5) is 0 Å². The van der Waals surface area contributed by atoms with Crippen LogP contribution in [0.1, 0.15) is 40.5 Å². The molecule has 1 amide bonds. The number of rotatable bonds is 7. The highest BCUT2D eigenvalue weighted by molar-refractivity contribution is 7.90. The maximum Gasteiger partial charge on any atom is 0.285 e. The topological polar surface area (TPSA) is 98.2 Å². The first-order valence-electron chi connectivity index (χ1n) is 8.09. The summed E-state index contributed by atoms with van der Waals surface area (Å²) in [4.78, 5) is 12.2. The van der Waals surface area contributed by atoms with Crippen molar-refractivity contribution in [3.05, 3.63) is 52.3 Å². The number of amides is 1. The van der Waals surface area contributed by atoms with Crippen LogP contribution in [0.15, 0.2) is 30.3 Å². The lowest BCUT2D eigenvalue weighted by atomic mass is 10.2. The molecule has 1 aliphatic rings. The lowest BCUT2D eigenvalue weighted by molar-refractivity contribution is 0.0975. The van der Waals surface area contributed by atoms with Crippen molar-refractivity contribution in [2.45, 2.75) is 25.2 Å². The van der Waals surface area contributed by atoms with Crippen molar-refractivity contribution in [1.82, 2.24) is 14.9 Å². The molecule has 1 N–H and O–H groups in total. The van der Waals surface area contributed by atoms with Gasteiger partial charge in [0.2, 0.25) is 10.0 Å². The van der Waals surface area contributed by atoms with Gasteiger partial charge in [0.15, 0.2) is 5.69 Å². The van der Waals surface area contributed by atoms with E-state index in [0.717, 1.165) is 18.4 Å². The Kier molecular flexibility index (Phi) is 5.43. The number of nitrogens with one attached hydrogen (secondary N) is 1. The van der Waals surface area contributed by atoms with Crippen LogP contribution >= 0.6 is 11.6 Å². The fourth-order valence-electron chi connectivity index (χ4n) is 2.45. The van der Waals surface area contributed by atoms with E-state index in [1.165, 1.54) is 13.2 Å². The van der Waals surface area contributed by atoms with E-state index in [0.29, 0.717) is 22.4 Å². The Morgan fingerprint density at radius 3 is 2.58 bits per heavy atom. The third kappa shape index (κ3) is 4.70. The Bertz CT molecular complexity index is 912. The zero-order valence-corrected chi connectivity index (χ0v) is 15.7. The van der Waals surface area contributed by atoms with Gasteiger partial charge in [-0.25, -0.2) is 13.1 Å². The van der Waals surface area contributed by atoms with Crippen LogP contribution in [-0.2, 0) is 16.4 Å². The number of methoxy groups -OCH3 is 1. The van der Waals surface area contributed by atoms with Crippen molar-refractivity contribution in [3.63, 3.8) is 0 Å². The highest BCUT2D eigenvalue weighted by atomic mass is 35.5. The molecule has 1 saturated carbocycles. The van der Waals surface area contributed by atoms with Crippen molar-refractivity contribution in [3.8, 4) is 5.75 Å². The first-order chi connectivity index (χ1) is 12.4. The fraction of sp³-hybridized carbons (Fsp3) is 0.353. The molecule has 1 heterocycles. The fourth-order valence-corrected chi connectivity index (χ4v) is 3.57. The number of carbonyl (C=O) groups excluding carboxylic acids is 1. The number of carbonyl (C=O) groups is 1. The molecule has 0 bridgehead atoms. The van der Waals surface area contributed by atoms with Gasteiger partial charge in [0.1, 0.15) is 11.4 Å². The molecule has 3 rings (SSSR count). The Morgan fingerprint density at radius 1 is 1.27 bits per heavy atom. The Balaban J connectivity index is 1.65. The Hall–Kier alpha value is -2.19. The maximum absolute atomic E-state index is 12.2. The summed E-state index contributed by atoms with van der Waals surface area (Å²) in [5.41, 5.74) is 1.42. The average molecular weight is 396 g/mol. The molecule has 0 radical (unpaired) electrons. The summed E-state index contributed by atoms with van der Waals surface area (Å²) >= 11 is 5.80. The molecule has 26 heavy (non-hydrogen) atoms. The normalized spacial score (nSPS) is 14.1. The minimum Gasteiger partial charge on any atom is -0.495 e. The SMILES string of the molecule is COc1cc(C(=O)NS(=O)(=O)CCc2ccc(Cl)cc2)nnc1C1CC1. The maximum atomic E-state index is 12.2. The molecule has 9 heteroatoms. The van der Waals surface area contributed by atoms with Gasteiger partial charge < -0.3 is 4.74 Å². The van der Waals surface area contributed by atoms with Gasteiger partial charge >= 0.3 is 0 Å². The summed E-state index contributed by atoms with van der Waals surface area (Å²) in [6.45, 7) is 0. The largest absolute Gasteiger partial charge is 0.495 e. The van der Waals surface area contributed by atoms with Gasteiger partial charge in [-0.1, -0.05) is 23.7 Å². The predicted molar refractivity (Wildman–Crippen MR) is 97.0 cm³/mol. The van der Waals surface area contributed by atoms with E-state index in [1.54, 1.807) is 24.3 Å². The minimum atomic E-state index is -3.81. The molecule has 0 atom stereocenters. The molecular formula is C17H18ClN3O4S. The third-order valence-corrected chi connectivity index (χ3v) is 5.51. The Labute approximate surface area is 156 Å². The number of nitrogens with zero attached hydrogens (tertiary/aromatic N) is 2. The van der Waals surface area contributed by atoms with Gasteiger partial charge in [-0.2, -0.15) is 5.10 Å². The summed E-state index contributed by atoms with van der Waals surface area (Å²) in [5.74, 6) is -0.302. The van der Waals surface area contributed by atoms with Crippen LogP contribution in [0.3, 0.4) is 0 Å². The standard InChI is InChI=1S/C17H18ClN3O4S/c1-25-15-10-14(19-20-16(15)12-4-5-12)17(22)21-26(23,24)9-8-11-2-6-13(18)7-3-11/h2-3,6-7,10,12H,4-5,8-9H2,1H3,(H,21,22). The number of hydrogen-bond acceptors (Lipinski definition) is 6. The van der Waals surface area contributed by atoms with Crippen molar-refractivity contribution >= 4 is 27.5 Å². The van der Waals surface area contributed by atoms with Gasteiger partial charge in [-0.15, -0.1) is 5.10 Å². The van der Waals surface area contributed by atoms with Crippen LogP contribution in [0.5, 0.6) is 5.75 Å². The molecule has 7 nitrogen and oxygen atoms in total. The minimum absolute atomic E-state index is 0.0960. The molecule has 0 spiro atoms. The molecule has 1 aromatic heterocycles. The van der Waals surface area contributed by atoms with Crippen LogP contribution in [0.2, 0.25) is 5.02 Å². The second kappa shape index (κ2) is 7.59. The molecule has 1 aliphatic carbocycles. The lowest BCUT2D eigenvalue weighted by Crippen LogP contribution is -2.33. The summed E-state index contributed by atoms with van der Waals surface area (Å²) in [6, 6.07) is 8.28. The van der Waals surface area contributed by atoms with E-state index in [-0.39, 0.29) is 17.9 Å². The second-order valence-electron chi connectivity index (χ2n) is 6.08. The van der Waals surface area contributed by atoms with Crippen LogP contribution in [0.25, 0.3) is 0 Å². The molecule has 2 aromatic rings. The van der Waals surface area contributed by atoms with Gasteiger partial charge in [0.05, 0.1) is 12.9 Å². The van der Waals surface area contributed by atoms with E-state index in [1.807, 2.05) is 4.72 Å². The first kappa shape index (κ1) is 18.6. The van der Waals surface area contributed by atoms with Gasteiger partial charge in [0, 0.05) is 17.0 Å². The smallest absolute Gasteiger partial charge is 0.285 e. The molecule has 1 fully saturated rings. The molecule has 138 valence electrons. The number of ether oxygens (including phenoxy) is 1. The van der Waals surface area contributed by atoms with Crippen LogP contribution in [-0.4, -0.2) is 37.4 Å². The monoisotopic (exact) mass is 395 g/mol. The van der Waals surface area contributed by atoms with Crippen molar-refractivity contribution in [2.75, 3.05) is 12.9 Å². The summed E-state index contributed by atoms with van der Waals surface area (Å²) in [7, 11) is -2.33. The van der Waals surface area contributed by atoms with Gasteiger partial charge in [-0.05, 0) is 37.0 Å². The Morgan fingerprint density at radius 2 is 1.96 bits per heavy atom. The predicted octanol–water partition coefficient (Wildman–Crippen LogP) is 2.32. The average Bonchev–Trinajstić information content (AvgIpc) is 3.45. The van der Waals surface area contributed by atoms with Gasteiger partial charge in [-0.3, -0.25) is 4.79 Å². The zero-order valence-electron chi connectivity index (χ0n) is 14.1. The highest BCUT2D eigenvalue weighted by Gasteiger charge is 2.30. The van der Waals surface area contributed by atoms with E-state index in [4.69, 9.17) is 16.3 Å². The summed E-state index contributed by atoms with van der Waals surface area (Å²) in [6.07, 6.45) is 2.28. The van der Waals surface area contributed by atoms with E-state index < -0.39 is 15.9 Å². The first-order valence-corrected chi connectivity index (χ1v) is 10.1. The zero-order chi connectivity index (χ0) is 18.7. The molecule has 0 unspecified atom stereocenters. The lowest BCUT2D eigenvalue weighted by Gasteiger charge is -2.09. The van der Waals surface area contributed by atoms with E-state index >= 15 is 0 Å². The number of aryl methyl sites for hydroxylation is 1. The van der Waals surface area contributed by atoms with Crippen molar-refractivity contribution in [1.29, 1.82) is 0 Å². The quantitative estimate of drug-likeness (QED) is 0.772. The van der Waals surface area contributed by atoms with Crippen LogP contribution in [0, 0.1) is 0 Å². The van der Waals surface area contributed by atoms with Gasteiger partial charge in [0.25, 0.3) is 5.91 Å². The number of sulfonamides is 1. The molecular weight excluding hydrogens is 378 g/mol. The van der Waals surface area contributed by atoms with Crippen molar-refractivity contribution in [2.24, 2.45) is 0 Å². The number of benzene rings is 1. The van der Waals surface area contributed by atoms with E-state index in [9.17, 15) is 13.2 Å². The summed E-state index contributed by atoms with van der Waals surface area (Å²) < 4.78 is 31.6. The van der Waals surface area contributed by atoms with Crippen molar-refractivity contribution < 1.29 is 17.9 Å². The number of halogens is 1.